The Kier molecular flexibility index (Phi) is 4.37. The molecule has 1 aromatic carbocycles. The average Bonchev–Trinajstić information content (AvgIpc) is 2.92. The Labute approximate surface area is 146 Å². The Hall–Kier alpha value is -1.91. The SMILES string of the molecule is CCc1ccc(-c2nc3ccc(Cl)cn3c2C(C)C(N)=S)cc1. The van der Waals surface area contributed by atoms with Crippen LogP contribution in [0.25, 0.3) is 16.9 Å². The Bertz CT molecular complexity index is 868. The smallest absolute Gasteiger partial charge is 0.137 e. The molecular weight excluding hydrogens is 326 g/mol. The van der Waals surface area contributed by atoms with Crippen LogP contribution >= 0.6 is 23.8 Å². The van der Waals surface area contributed by atoms with Gasteiger partial charge in [-0.3, -0.25) is 0 Å². The average molecular weight is 344 g/mol. The standard InChI is InChI=1S/C18H18ClN3S/c1-3-12-4-6-13(7-5-12)16-17(11(2)18(20)23)22-10-14(19)8-9-15(22)21-16/h4-11H,3H2,1-2H3,(H2,20,23). The van der Waals surface area contributed by atoms with E-state index in [1.54, 1.807) is 0 Å². The van der Waals surface area contributed by atoms with Crippen molar-refractivity contribution in [1.29, 1.82) is 0 Å². The van der Waals surface area contributed by atoms with Crippen LogP contribution in [-0.2, 0) is 6.42 Å². The van der Waals surface area contributed by atoms with Crippen molar-refractivity contribution in [2.75, 3.05) is 0 Å². The summed E-state index contributed by atoms with van der Waals surface area (Å²) in [6.07, 6.45) is 2.87. The molecule has 118 valence electrons. The summed E-state index contributed by atoms with van der Waals surface area (Å²) in [5.41, 5.74) is 11.0. The fraction of sp³-hybridized carbons (Fsp3) is 0.222. The van der Waals surface area contributed by atoms with E-state index in [-0.39, 0.29) is 5.92 Å². The Morgan fingerprint density at radius 3 is 2.57 bits per heavy atom. The van der Waals surface area contributed by atoms with Crippen LogP contribution in [0.1, 0.15) is 31.0 Å². The van der Waals surface area contributed by atoms with Crippen LogP contribution in [0, 0.1) is 0 Å². The number of nitrogens with two attached hydrogens (primary N) is 1. The molecule has 0 bridgehead atoms. The van der Waals surface area contributed by atoms with E-state index >= 15 is 0 Å². The number of imidazole rings is 1. The van der Waals surface area contributed by atoms with E-state index in [0.29, 0.717) is 10.0 Å². The van der Waals surface area contributed by atoms with E-state index in [0.717, 1.165) is 29.0 Å². The highest BCUT2D eigenvalue weighted by atomic mass is 35.5. The topological polar surface area (TPSA) is 43.3 Å². The van der Waals surface area contributed by atoms with E-state index in [9.17, 15) is 0 Å². The number of hydrogen-bond acceptors (Lipinski definition) is 2. The molecule has 0 aliphatic carbocycles. The number of hydrogen-bond donors (Lipinski definition) is 1. The lowest BCUT2D eigenvalue weighted by Crippen LogP contribution is -2.18. The van der Waals surface area contributed by atoms with Crippen molar-refractivity contribution in [1.82, 2.24) is 9.38 Å². The van der Waals surface area contributed by atoms with Crippen molar-refractivity contribution in [3.8, 4) is 11.3 Å². The molecule has 2 heterocycles. The van der Waals surface area contributed by atoms with Gasteiger partial charge in [-0.25, -0.2) is 4.98 Å². The summed E-state index contributed by atoms with van der Waals surface area (Å²) in [6, 6.07) is 12.2. The van der Waals surface area contributed by atoms with E-state index in [4.69, 9.17) is 34.5 Å². The quantitative estimate of drug-likeness (QED) is 0.704. The summed E-state index contributed by atoms with van der Waals surface area (Å²) in [5.74, 6) is -0.0979. The largest absolute Gasteiger partial charge is 0.393 e. The third kappa shape index (κ3) is 2.96. The normalized spacial score (nSPS) is 12.5. The zero-order valence-corrected chi connectivity index (χ0v) is 14.7. The Balaban J connectivity index is 2.25. The van der Waals surface area contributed by atoms with Crippen molar-refractivity contribution in [2.24, 2.45) is 5.73 Å². The van der Waals surface area contributed by atoms with Crippen molar-refractivity contribution < 1.29 is 0 Å². The van der Waals surface area contributed by atoms with Crippen LogP contribution in [0.5, 0.6) is 0 Å². The Morgan fingerprint density at radius 1 is 1.26 bits per heavy atom. The molecule has 1 atom stereocenters. The lowest BCUT2D eigenvalue weighted by molar-refractivity contribution is 0.930. The molecule has 0 aliphatic rings. The summed E-state index contributed by atoms with van der Waals surface area (Å²) in [7, 11) is 0. The third-order valence-corrected chi connectivity index (χ3v) is 4.67. The number of rotatable bonds is 4. The molecule has 5 heteroatoms. The van der Waals surface area contributed by atoms with E-state index in [1.807, 2.05) is 29.7 Å². The van der Waals surface area contributed by atoms with Gasteiger partial charge >= 0.3 is 0 Å². The summed E-state index contributed by atoms with van der Waals surface area (Å²) >= 11 is 11.4. The number of thiocarbonyl (C=S) groups is 1. The fourth-order valence-electron chi connectivity index (χ4n) is 2.70. The van der Waals surface area contributed by atoms with Gasteiger partial charge in [-0.05, 0) is 24.1 Å². The van der Waals surface area contributed by atoms with E-state index in [1.165, 1.54) is 5.56 Å². The second-order valence-electron chi connectivity index (χ2n) is 5.60. The maximum atomic E-state index is 6.16. The number of benzene rings is 1. The van der Waals surface area contributed by atoms with Crippen LogP contribution in [0.4, 0.5) is 0 Å². The predicted octanol–water partition coefficient (Wildman–Crippen LogP) is 4.61. The van der Waals surface area contributed by atoms with Crippen LogP contribution in [0.15, 0.2) is 42.6 Å². The first kappa shape index (κ1) is 16.0. The van der Waals surface area contributed by atoms with Crippen molar-refractivity contribution in [3.05, 3.63) is 58.9 Å². The van der Waals surface area contributed by atoms with Crippen molar-refractivity contribution >= 4 is 34.5 Å². The van der Waals surface area contributed by atoms with Gasteiger partial charge in [-0.15, -0.1) is 0 Å². The molecule has 2 aromatic heterocycles. The first-order valence-corrected chi connectivity index (χ1v) is 8.36. The lowest BCUT2D eigenvalue weighted by atomic mass is 10.0. The predicted molar refractivity (Wildman–Crippen MR) is 100 cm³/mol. The monoisotopic (exact) mass is 343 g/mol. The lowest BCUT2D eigenvalue weighted by Gasteiger charge is -2.12. The zero-order valence-electron chi connectivity index (χ0n) is 13.1. The van der Waals surface area contributed by atoms with Gasteiger partial charge in [-0.1, -0.05) is 61.9 Å². The van der Waals surface area contributed by atoms with Gasteiger partial charge in [0.25, 0.3) is 0 Å². The molecule has 0 amide bonds. The number of aryl methyl sites for hydroxylation is 1. The van der Waals surface area contributed by atoms with Crippen LogP contribution in [0.2, 0.25) is 5.02 Å². The summed E-state index contributed by atoms with van der Waals surface area (Å²) in [5, 5.41) is 0.652. The maximum Gasteiger partial charge on any atom is 0.137 e. The van der Waals surface area contributed by atoms with Gasteiger partial charge in [0.1, 0.15) is 5.65 Å². The highest BCUT2D eigenvalue weighted by molar-refractivity contribution is 7.80. The number of aromatic nitrogens is 2. The van der Waals surface area contributed by atoms with Gasteiger partial charge in [0.05, 0.1) is 21.4 Å². The third-order valence-electron chi connectivity index (χ3n) is 4.09. The zero-order chi connectivity index (χ0) is 16.6. The first-order chi connectivity index (χ1) is 11.0. The minimum atomic E-state index is -0.0979. The first-order valence-electron chi connectivity index (χ1n) is 7.57. The van der Waals surface area contributed by atoms with Crippen molar-refractivity contribution in [3.63, 3.8) is 0 Å². The van der Waals surface area contributed by atoms with Crippen LogP contribution in [0.3, 0.4) is 0 Å². The van der Waals surface area contributed by atoms with Gasteiger partial charge in [0, 0.05) is 17.7 Å². The number of fused-ring (bicyclic) bond motifs is 1. The molecular formula is C18H18ClN3S. The summed E-state index contributed by atoms with van der Waals surface area (Å²) in [4.78, 5) is 5.21. The van der Waals surface area contributed by atoms with Gasteiger partial charge in [0.2, 0.25) is 0 Å². The number of pyridine rings is 1. The molecule has 23 heavy (non-hydrogen) atoms. The molecule has 3 rings (SSSR count). The fourth-order valence-corrected chi connectivity index (χ4v) is 2.97. The van der Waals surface area contributed by atoms with Gasteiger partial charge in [-0.2, -0.15) is 0 Å². The summed E-state index contributed by atoms with van der Waals surface area (Å²) < 4.78 is 1.98. The molecule has 2 N–H and O–H groups in total. The molecule has 1 unspecified atom stereocenters. The van der Waals surface area contributed by atoms with E-state index in [2.05, 4.69) is 31.2 Å². The van der Waals surface area contributed by atoms with Gasteiger partial charge in [0.15, 0.2) is 0 Å². The van der Waals surface area contributed by atoms with Gasteiger partial charge < -0.3 is 10.1 Å². The van der Waals surface area contributed by atoms with E-state index < -0.39 is 0 Å². The van der Waals surface area contributed by atoms with Crippen LogP contribution < -0.4 is 5.73 Å². The second-order valence-corrected chi connectivity index (χ2v) is 6.50. The van der Waals surface area contributed by atoms with Crippen LogP contribution in [-0.4, -0.2) is 14.4 Å². The summed E-state index contributed by atoms with van der Waals surface area (Å²) in [6.45, 7) is 4.14. The number of halogens is 1. The Morgan fingerprint density at radius 2 is 1.96 bits per heavy atom. The highest BCUT2D eigenvalue weighted by Gasteiger charge is 2.21. The molecule has 0 fully saturated rings. The molecule has 3 nitrogen and oxygen atoms in total. The molecule has 3 aromatic rings. The second kappa shape index (κ2) is 6.30. The molecule has 0 spiro atoms. The molecule has 0 aliphatic heterocycles. The number of nitrogens with zero attached hydrogens (tertiary/aromatic N) is 2. The van der Waals surface area contributed by atoms with Crippen molar-refractivity contribution in [2.45, 2.75) is 26.2 Å². The highest BCUT2D eigenvalue weighted by Crippen LogP contribution is 2.31. The minimum Gasteiger partial charge on any atom is -0.393 e. The molecule has 0 radical (unpaired) electrons. The molecule has 0 saturated carbocycles. The molecule has 0 saturated heterocycles. The minimum absolute atomic E-state index is 0.0979. The maximum absolute atomic E-state index is 6.16.